The molecule has 1 aliphatic heterocycles. The molecule has 132 valence electrons. The van der Waals surface area contributed by atoms with E-state index in [1.54, 1.807) is 11.1 Å². The molecule has 2 aromatic rings. The fourth-order valence-electron chi connectivity index (χ4n) is 2.77. The number of imidazole rings is 1. The Bertz CT molecular complexity index is 729. The third kappa shape index (κ3) is 4.17. The molecule has 1 unspecified atom stereocenters. The highest BCUT2D eigenvalue weighted by molar-refractivity contribution is 5.77. The summed E-state index contributed by atoms with van der Waals surface area (Å²) in [6.07, 6.45) is 2.40. The number of rotatable bonds is 7. The summed E-state index contributed by atoms with van der Waals surface area (Å²) in [6.45, 7) is 3.30. The Hall–Kier alpha value is -2.83. The van der Waals surface area contributed by atoms with Gasteiger partial charge in [0.1, 0.15) is 12.4 Å². The van der Waals surface area contributed by atoms with Gasteiger partial charge in [-0.25, -0.2) is 9.78 Å². The lowest BCUT2D eigenvalue weighted by Crippen LogP contribution is -2.33. The van der Waals surface area contributed by atoms with E-state index in [-0.39, 0.29) is 24.5 Å². The summed E-state index contributed by atoms with van der Waals surface area (Å²) >= 11 is 0. The molecule has 3 rings (SSSR count). The van der Waals surface area contributed by atoms with Gasteiger partial charge < -0.3 is 19.9 Å². The molecule has 0 spiro atoms. The van der Waals surface area contributed by atoms with Crippen LogP contribution in [0.2, 0.25) is 0 Å². The van der Waals surface area contributed by atoms with Crippen LogP contribution in [0.3, 0.4) is 0 Å². The van der Waals surface area contributed by atoms with Gasteiger partial charge in [-0.3, -0.25) is 4.79 Å². The molecule has 7 nitrogen and oxygen atoms in total. The lowest BCUT2D eigenvalue weighted by molar-refractivity contribution is -0.122. The molecule has 1 saturated heterocycles. The molecule has 1 aromatic carbocycles. The quantitative estimate of drug-likeness (QED) is 0.809. The third-order valence-electron chi connectivity index (χ3n) is 4.21. The number of nitrogens with one attached hydrogen (secondary N) is 2. The zero-order valence-electron chi connectivity index (χ0n) is 14.2. The van der Waals surface area contributed by atoms with Gasteiger partial charge in [0.2, 0.25) is 5.91 Å². The Morgan fingerprint density at radius 3 is 2.88 bits per heavy atom. The second-order valence-corrected chi connectivity index (χ2v) is 5.93. The highest BCUT2D eigenvalue weighted by atomic mass is 16.6. The van der Waals surface area contributed by atoms with Crippen LogP contribution in [0, 0.1) is 0 Å². The number of H-pyrrole nitrogens is 1. The molecule has 1 aliphatic rings. The van der Waals surface area contributed by atoms with Crippen molar-refractivity contribution in [1.82, 2.24) is 20.2 Å². The first-order valence-corrected chi connectivity index (χ1v) is 8.48. The number of aromatic amines is 1. The molecule has 2 N–H and O–H groups in total. The minimum Gasteiger partial charge on any atom is -0.448 e. The third-order valence-corrected chi connectivity index (χ3v) is 4.21. The average Bonchev–Trinajstić information content (AvgIpc) is 3.28. The number of carbonyl (C=O) groups excluding carboxylic acids is 2. The van der Waals surface area contributed by atoms with Crippen LogP contribution in [0.15, 0.2) is 36.5 Å². The largest absolute Gasteiger partial charge is 0.448 e. The van der Waals surface area contributed by atoms with E-state index in [9.17, 15) is 9.59 Å². The lowest BCUT2D eigenvalue weighted by Gasteiger charge is -2.16. The van der Waals surface area contributed by atoms with E-state index < -0.39 is 0 Å². The normalized spacial score (nSPS) is 15.1. The number of hydrogen-bond donors (Lipinski definition) is 2. The summed E-state index contributed by atoms with van der Waals surface area (Å²) in [5.41, 5.74) is 1.97. The van der Waals surface area contributed by atoms with E-state index in [0.717, 1.165) is 23.5 Å². The first-order valence-electron chi connectivity index (χ1n) is 8.48. The van der Waals surface area contributed by atoms with Crippen molar-refractivity contribution >= 4 is 12.0 Å². The lowest BCUT2D eigenvalue weighted by atomic mass is 10.2. The van der Waals surface area contributed by atoms with Gasteiger partial charge in [-0.1, -0.05) is 37.3 Å². The minimum absolute atomic E-state index is 0.107. The first-order chi connectivity index (χ1) is 12.2. The number of amides is 2. The summed E-state index contributed by atoms with van der Waals surface area (Å²) in [6, 6.07) is 9.73. The summed E-state index contributed by atoms with van der Waals surface area (Å²) in [5, 5.41) is 2.98. The van der Waals surface area contributed by atoms with Crippen molar-refractivity contribution in [2.45, 2.75) is 25.8 Å². The Kier molecular flexibility index (Phi) is 5.33. The van der Waals surface area contributed by atoms with E-state index >= 15 is 0 Å². The van der Waals surface area contributed by atoms with E-state index in [4.69, 9.17) is 4.74 Å². The number of ether oxygens (including phenoxy) is 1. The number of carbonyl (C=O) groups is 2. The molecule has 0 saturated carbocycles. The number of aromatic nitrogens is 2. The molecule has 7 heteroatoms. The zero-order valence-corrected chi connectivity index (χ0v) is 14.2. The smallest absolute Gasteiger partial charge is 0.409 e. The van der Waals surface area contributed by atoms with E-state index in [1.807, 2.05) is 37.3 Å². The molecule has 1 atom stereocenters. The molecule has 0 bridgehead atoms. The monoisotopic (exact) mass is 342 g/mol. The second-order valence-electron chi connectivity index (χ2n) is 5.93. The summed E-state index contributed by atoms with van der Waals surface area (Å²) in [4.78, 5) is 32.8. The SMILES string of the molecule is CCC(NC(=O)CCN1CCOC1=O)c1ncc(-c2ccccc2)[nH]1. The Morgan fingerprint density at radius 1 is 1.40 bits per heavy atom. The van der Waals surface area contributed by atoms with Gasteiger partial charge in [-0.05, 0) is 12.0 Å². The van der Waals surface area contributed by atoms with Crippen LogP contribution in [0.5, 0.6) is 0 Å². The number of hydrogen-bond acceptors (Lipinski definition) is 4. The summed E-state index contributed by atoms with van der Waals surface area (Å²) in [5.74, 6) is 0.625. The second kappa shape index (κ2) is 7.83. The van der Waals surface area contributed by atoms with Crippen LogP contribution in [0.1, 0.15) is 31.6 Å². The van der Waals surface area contributed by atoms with Gasteiger partial charge in [-0.15, -0.1) is 0 Å². The molecular weight excluding hydrogens is 320 g/mol. The molecule has 25 heavy (non-hydrogen) atoms. The van der Waals surface area contributed by atoms with Gasteiger partial charge in [-0.2, -0.15) is 0 Å². The Labute approximate surface area is 146 Å². The molecule has 0 aliphatic carbocycles. The molecule has 1 aromatic heterocycles. The topological polar surface area (TPSA) is 87.3 Å². The zero-order chi connectivity index (χ0) is 17.6. The summed E-state index contributed by atoms with van der Waals surface area (Å²) in [7, 11) is 0. The van der Waals surface area contributed by atoms with Crippen molar-refractivity contribution < 1.29 is 14.3 Å². The van der Waals surface area contributed by atoms with Crippen molar-refractivity contribution in [1.29, 1.82) is 0 Å². The van der Waals surface area contributed by atoms with Gasteiger partial charge in [0, 0.05) is 13.0 Å². The minimum atomic E-state index is -0.349. The highest BCUT2D eigenvalue weighted by Gasteiger charge is 2.23. The fraction of sp³-hybridized carbons (Fsp3) is 0.389. The number of benzene rings is 1. The molecular formula is C18H22N4O3. The van der Waals surface area contributed by atoms with Gasteiger partial charge >= 0.3 is 6.09 Å². The number of nitrogens with zero attached hydrogens (tertiary/aromatic N) is 2. The van der Waals surface area contributed by atoms with E-state index in [0.29, 0.717) is 19.7 Å². The van der Waals surface area contributed by atoms with Crippen molar-refractivity contribution in [3.05, 3.63) is 42.4 Å². The van der Waals surface area contributed by atoms with Crippen molar-refractivity contribution in [3.63, 3.8) is 0 Å². The van der Waals surface area contributed by atoms with Crippen LogP contribution in [0.25, 0.3) is 11.3 Å². The van der Waals surface area contributed by atoms with Gasteiger partial charge in [0.05, 0.1) is 24.5 Å². The first kappa shape index (κ1) is 17.0. The maximum Gasteiger partial charge on any atom is 0.409 e. The van der Waals surface area contributed by atoms with Crippen LogP contribution >= 0.6 is 0 Å². The maximum atomic E-state index is 12.2. The van der Waals surface area contributed by atoms with Crippen molar-refractivity contribution in [2.24, 2.45) is 0 Å². The van der Waals surface area contributed by atoms with E-state index in [2.05, 4.69) is 15.3 Å². The van der Waals surface area contributed by atoms with Crippen LogP contribution in [-0.2, 0) is 9.53 Å². The molecule has 0 radical (unpaired) electrons. The number of cyclic esters (lactones) is 1. The predicted molar refractivity (Wildman–Crippen MR) is 92.7 cm³/mol. The predicted octanol–water partition coefficient (Wildman–Crippen LogP) is 2.49. The van der Waals surface area contributed by atoms with Crippen LogP contribution in [0.4, 0.5) is 4.79 Å². The Morgan fingerprint density at radius 2 is 2.20 bits per heavy atom. The molecule has 2 amide bonds. The van der Waals surface area contributed by atoms with Crippen molar-refractivity contribution in [3.8, 4) is 11.3 Å². The standard InChI is InChI=1S/C18H22N4O3/c1-2-14(20-16(23)8-9-22-10-11-25-18(22)24)17-19-12-15(21-17)13-6-4-3-5-7-13/h3-7,12,14H,2,8-11H2,1H3,(H,19,21)(H,20,23). The molecule has 1 fully saturated rings. The van der Waals surface area contributed by atoms with Crippen molar-refractivity contribution in [2.75, 3.05) is 19.7 Å². The Balaban J connectivity index is 1.58. The average molecular weight is 342 g/mol. The highest BCUT2D eigenvalue weighted by Crippen LogP contribution is 2.20. The molecule has 2 heterocycles. The van der Waals surface area contributed by atoms with E-state index in [1.165, 1.54) is 0 Å². The summed E-state index contributed by atoms with van der Waals surface area (Å²) < 4.78 is 4.85. The van der Waals surface area contributed by atoms with Gasteiger partial charge in [0.25, 0.3) is 0 Å². The van der Waals surface area contributed by atoms with Crippen LogP contribution in [-0.4, -0.2) is 46.6 Å². The maximum absolute atomic E-state index is 12.2. The van der Waals surface area contributed by atoms with Gasteiger partial charge in [0.15, 0.2) is 0 Å². The van der Waals surface area contributed by atoms with Crippen LogP contribution < -0.4 is 5.32 Å². The fourth-order valence-corrected chi connectivity index (χ4v) is 2.77.